The number of aromatic nitrogens is 3. The average molecular weight is 340 g/mol. The van der Waals surface area contributed by atoms with Crippen molar-refractivity contribution in [2.75, 3.05) is 7.11 Å². The molecule has 2 aromatic carbocycles. The first kappa shape index (κ1) is 16.6. The van der Waals surface area contributed by atoms with Gasteiger partial charge >= 0.3 is 0 Å². The number of amides is 1. The average Bonchev–Trinajstić information content (AvgIpc) is 3.15. The van der Waals surface area contributed by atoms with Crippen molar-refractivity contribution < 1.29 is 13.9 Å². The van der Waals surface area contributed by atoms with Crippen LogP contribution in [-0.2, 0) is 6.54 Å². The molecule has 1 heterocycles. The first-order valence-corrected chi connectivity index (χ1v) is 7.69. The molecule has 0 unspecified atom stereocenters. The Bertz CT molecular complexity index is 838. The normalized spacial score (nSPS) is 11.8. The van der Waals surface area contributed by atoms with Crippen LogP contribution in [0.2, 0.25) is 0 Å². The Kier molecular flexibility index (Phi) is 5.03. The summed E-state index contributed by atoms with van der Waals surface area (Å²) < 4.78 is 20.3. The number of ether oxygens (including phenoxy) is 1. The smallest absolute Gasteiger partial charge is 0.255 e. The molecular formula is C18H17FN4O2. The molecule has 0 aliphatic rings. The van der Waals surface area contributed by atoms with E-state index in [9.17, 15) is 9.18 Å². The van der Waals surface area contributed by atoms with E-state index < -0.39 is 11.7 Å². The van der Waals surface area contributed by atoms with Crippen molar-refractivity contribution >= 4 is 5.91 Å². The van der Waals surface area contributed by atoms with Crippen molar-refractivity contribution in [3.63, 3.8) is 0 Å². The predicted octanol–water partition coefficient (Wildman–Crippen LogP) is 2.60. The summed E-state index contributed by atoms with van der Waals surface area (Å²) in [4.78, 5) is 16.6. The highest BCUT2D eigenvalue weighted by Crippen LogP contribution is 2.21. The molecule has 0 fully saturated rings. The maximum atomic E-state index is 13.6. The summed E-state index contributed by atoms with van der Waals surface area (Å²) in [6, 6.07) is 13.0. The van der Waals surface area contributed by atoms with E-state index in [1.807, 2.05) is 30.3 Å². The maximum Gasteiger partial charge on any atom is 0.255 e. The quantitative estimate of drug-likeness (QED) is 0.749. The Morgan fingerprint density at radius 1 is 1.28 bits per heavy atom. The van der Waals surface area contributed by atoms with Gasteiger partial charge < -0.3 is 10.1 Å². The Morgan fingerprint density at radius 2 is 2.08 bits per heavy atom. The molecule has 0 bridgehead atoms. The Morgan fingerprint density at radius 3 is 2.76 bits per heavy atom. The van der Waals surface area contributed by atoms with E-state index in [1.54, 1.807) is 11.0 Å². The summed E-state index contributed by atoms with van der Waals surface area (Å²) in [5.74, 6) is -0.615. The van der Waals surface area contributed by atoms with Crippen LogP contribution in [-0.4, -0.2) is 27.8 Å². The van der Waals surface area contributed by atoms with Gasteiger partial charge in [0.05, 0.1) is 25.3 Å². The van der Waals surface area contributed by atoms with Crippen LogP contribution in [0, 0.1) is 5.82 Å². The summed E-state index contributed by atoms with van der Waals surface area (Å²) in [7, 11) is 1.44. The van der Waals surface area contributed by atoms with Crippen LogP contribution in [0.4, 0.5) is 4.39 Å². The lowest BCUT2D eigenvalue weighted by Crippen LogP contribution is -2.32. The van der Waals surface area contributed by atoms with Gasteiger partial charge in [-0.3, -0.25) is 9.48 Å². The number of carbonyl (C=O) groups is 1. The summed E-state index contributed by atoms with van der Waals surface area (Å²) in [6.45, 7) is 0.396. The van der Waals surface area contributed by atoms with E-state index in [1.165, 1.54) is 25.6 Å². The van der Waals surface area contributed by atoms with Gasteiger partial charge in [0.1, 0.15) is 24.2 Å². The first-order valence-electron chi connectivity index (χ1n) is 7.69. The van der Waals surface area contributed by atoms with E-state index in [4.69, 9.17) is 4.74 Å². The van der Waals surface area contributed by atoms with Gasteiger partial charge in [-0.05, 0) is 23.8 Å². The Hall–Kier alpha value is -3.22. The molecule has 1 atom stereocenters. The van der Waals surface area contributed by atoms with Crippen LogP contribution < -0.4 is 10.1 Å². The van der Waals surface area contributed by atoms with Crippen LogP contribution in [0.5, 0.6) is 5.75 Å². The summed E-state index contributed by atoms with van der Waals surface area (Å²) in [5, 5.41) is 6.99. The van der Waals surface area contributed by atoms with Gasteiger partial charge in [0.2, 0.25) is 0 Å². The van der Waals surface area contributed by atoms with E-state index in [0.29, 0.717) is 12.3 Å². The molecule has 3 aromatic rings. The lowest BCUT2D eigenvalue weighted by Gasteiger charge is -2.20. The fourth-order valence-electron chi connectivity index (χ4n) is 2.53. The van der Waals surface area contributed by atoms with Crippen molar-refractivity contribution in [2.24, 2.45) is 0 Å². The van der Waals surface area contributed by atoms with Crippen LogP contribution in [0.3, 0.4) is 0 Å². The fourth-order valence-corrected chi connectivity index (χ4v) is 2.53. The number of carbonyl (C=O) groups excluding carboxylic acids is 1. The molecule has 0 aliphatic carbocycles. The van der Waals surface area contributed by atoms with Crippen molar-refractivity contribution in [3.05, 3.63) is 78.1 Å². The number of hydrogen-bond acceptors (Lipinski definition) is 4. The number of methoxy groups -OCH3 is 1. The minimum Gasteiger partial charge on any atom is -0.496 e. The zero-order valence-corrected chi connectivity index (χ0v) is 13.6. The lowest BCUT2D eigenvalue weighted by molar-refractivity contribution is 0.0928. The molecule has 1 aromatic heterocycles. The van der Waals surface area contributed by atoms with Crippen molar-refractivity contribution in [2.45, 2.75) is 12.6 Å². The Labute approximate surface area is 144 Å². The highest BCUT2D eigenvalue weighted by Gasteiger charge is 2.20. The zero-order chi connectivity index (χ0) is 17.6. The molecule has 25 heavy (non-hydrogen) atoms. The van der Waals surface area contributed by atoms with Gasteiger partial charge in [0, 0.05) is 0 Å². The first-order chi connectivity index (χ1) is 12.2. The third-order valence-electron chi connectivity index (χ3n) is 3.75. The molecule has 6 nitrogen and oxygen atoms in total. The number of halogens is 1. The van der Waals surface area contributed by atoms with Gasteiger partial charge in [0.25, 0.3) is 5.91 Å². The van der Waals surface area contributed by atoms with E-state index in [0.717, 1.165) is 11.6 Å². The SMILES string of the molecule is COc1ccc(F)cc1C(=O)N[C@@H](Cn1cncn1)c1ccccc1. The number of benzene rings is 2. The second kappa shape index (κ2) is 7.57. The number of nitrogens with zero attached hydrogens (tertiary/aromatic N) is 3. The molecule has 1 N–H and O–H groups in total. The number of nitrogens with one attached hydrogen (secondary N) is 1. The van der Waals surface area contributed by atoms with Crippen LogP contribution in [0.1, 0.15) is 22.0 Å². The number of rotatable bonds is 6. The van der Waals surface area contributed by atoms with Gasteiger partial charge in [-0.2, -0.15) is 5.10 Å². The second-order valence-electron chi connectivity index (χ2n) is 5.40. The van der Waals surface area contributed by atoms with Crippen LogP contribution in [0.25, 0.3) is 0 Å². The monoisotopic (exact) mass is 340 g/mol. The molecule has 0 saturated heterocycles. The lowest BCUT2D eigenvalue weighted by atomic mass is 10.1. The molecule has 128 valence electrons. The minimum absolute atomic E-state index is 0.141. The Balaban J connectivity index is 1.87. The maximum absolute atomic E-state index is 13.6. The molecule has 1 amide bonds. The van der Waals surface area contributed by atoms with Crippen molar-refractivity contribution in [1.82, 2.24) is 20.1 Å². The van der Waals surface area contributed by atoms with E-state index in [-0.39, 0.29) is 11.6 Å². The second-order valence-corrected chi connectivity index (χ2v) is 5.40. The fraction of sp³-hybridized carbons (Fsp3) is 0.167. The summed E-state index contributed by atoms with van der Waals surface area (Å²) >= 11 is 0. The molecule has 0 saturated carbocycles. The minimum atomic E-state index is -0.501. The topological polar surface area (TPSA) is 69.0 Å². The van der Waals surface area contributed by atoms with Gasteiger partial charge in [-0.15, -0.1) is 0 Å². The summed E-state index contributed by atoms with van der Waals surface area (Å²) in [5.41, 5.74) is 1.05. The van der Waals surface area contributed by atoms with Crippen molar-refractivity contribution in [1.29, 1.82) is 0 Å². The molecule has 3 rings (SSSR count). The van der Waals surface area contributed by atoms with Gasteiger partial charge in [0.15, 0.2) is 0 Å². The van der Waals surface area contributed by atoms with Gasteiger partial charge in [-0.25, -0.2) is 9.37 Å². The molecule has 7 heteroatoms. The standard InChI is InChI=1S/C18H17FN4O2/c1-25-17-8-7-14(19)9-15(17)18(24)22-16(10-23-12-20-11-21-23)13-5-3-2-4-6-13/h2-9,11-12,16H,10H2,1H3,(H,22,24)/t16-/m0/s1. The molecule has 0 spiro atoms. The van der Waals surface area contributed by atoms with Crippen LogP contribution in [0.15, 0.2) is 61.2 Å². The van der Waals surface area contributed by atoms with Crippen LogP contribution >= 0.6 is 0 Å². The van der Waals surface area contributed by atoms with E-state index >= 15 is 0 Å². The zero-order valence-electron chi connectivity index (χ0n) is 13.6. The van der Waals surface area contributed by atoms with E-state index in [2.05, 4.69) is 15.4 Å². The molecule has 0 aliphatic heterocycles. The third-order valence-corrected chi connectivity index (χ3v) is 3.75. The molecule has 0 radical (unpaired) electrons. The highest BCUT2D eigenvalue weighted by atomic mass is 19.1. The van der Waals surface area contributed by atoms with Gasteiger partial charge in [-0.1, -0.05) is 30.3 Å². The predicted molar refractivity (Wildman–Crippen MR) is 89.6 cm³/mol. The largest absolute Gasteiger partial charge is 0.496 e. The number of hydrogen-bond donors (Lipinski definition) is 1. The highest BCUT2D eigenvalue weighted by molar-refractivity contribution is 5.97. The summed E-state index contributed by atoms with van der Waals surface area (Å²) in [6.07, 6.45) is 3.00. The molecular weight excluding hydrogens is 323 g/mol. The van der Waals surface area contributed by atoms with Crippen molar-refractivity contribution in [3.8, 4) is 5.75 Å². The third kappa shape index (κ3) is 4.00.